The molecule has 2 aliphatic heterocycles. The fourth-order valence-corrected chi connectivity index (χ4v) is 3.03. The lowest BCUT2D eigenvalue weighted by atomic mass is 9.76. The van der Waals surface area contributed by atoms with Gasteiger partial charge < -0.3 is 15.3 Å². The van der Waals surface area contributed by atoms with Crippen LogP contribution in [0.15, 0.2) is 0 Å². The summed E-state index contributed by atoms with van der Waals surface area (Å²) < 4.78 is 0. The first-order chi connectivity index (χ1) is 9.00. The molecule has 0 aromatic rings. The van der Waals surface area contributed by atoms with Crippen LogP contribution in [0.25, 0.3) is 0 Å². The zero-order chi connectivity index (χ0) is 14.0. The summed E-state index contributed by atoms with van der Waals surface area (Å²) in [7, 11) is 0. The number of aliphatic carboxylic acids is 1. The monoisotopic (exact) mass is 268 g/mol. The van der Waals surface area contributed by atoms with Crippen molar-refractivity contribution in [3.63, 3.8) is 0 Å². The highest BCUT2D eigenvalue weighted by atomic mass is 16.4. The first-order valence-corrected chi connectivity index (χ1v) is 7.23. The lowest BCUT2D eigenvalue weighted by Crippen LogP contribution is -2.53. The zero-order valence-corrected chi connectivity index (χ0v) is 11.8. The maximum atomic E-state index is 12.4. The molecule has 2 N–H and O–H groups in total. The highest BCUT2D eigenvalue weighted by molar-refractivity contribution is 5.80. The number of nitrogens with one attached hydrogen (secondary N) is 1. The zero-order valence-electron chi connectivity index (χ0n) is 11.8. The van der Waals surface area contributed by atoms with E-state index in [4.69, 9.17) is 0 Å². The third-order valence-corrected chi connectivity index (χ3v) is 5.07. The molecule has 19 heavy (non-hydrogen) atoms. The number of amides is 1. The molecule has 2 heterocycles. The smallest absolute Gasteiger partial charge is 0.309 e. The van der Waals surface area contributed by atoms with E-state index in [0.29, 0.717) is 38.3 Å². The summed E-state index contributed by atoms with van der Waals surface area (Å²) in [6.07, 6.45) is 1.81. The summed E-state index contributed by atoms with van der Waals surface area (Å²) in [5.41, 5.74) is -0.613. The fourth-order valence-electron chi connectivity index (χ4n) is 3.03. The Balaban J connectivity index is 1.92. The molecule has 0 aromatic carbocycles. The minimum absolute atomic E-state index is 0.0557. The Kier molecular flexibility index (Phi) is 4.13. The third-order valence-electron chi connectivity index (χ3n) is 5.07. The molecule has 2 rings (SSSR count). The van der Waals surface area contributed by atoms with E-state index in [1.165, 1.54) is 0 Å². The number of hydrogen-bond donors (Lipinski definition) is 2. The van der Waals surface area contributed by atoms with Gasteiger partial charge in [-0.2, -0.15) is 0 Å². The predicted molar refractivity (Wildman–Crippen MR) is 71.7 cm³/mol. The van der Waals surface area contributed by atoms with Gasteiger partial charge in [0.05, 0.1) is 5.41 Å². The third kappa shape index (κ3) is 2.61. The molecule has 2 fully saturated rings. The van der Waals surface area contributed by atoms with Crippen LogP contribution in [0, 0.1) is 17.3 Å². The molecule has 2 saturated heterocycles. The van der Waals surface area contributed by atoms with E-state index in [9.17, 15) is 14.7 Å². The Hall–Kier alpha value is -1.10. The molecule has 0 spiro atoms. The molecule has 108 valence electrons. The Bertz CT molecular complexity index is 358. The topological polar surface area (TPSA) is 69.6 Å². The molecule has 1 amide bonds. The second-order valence-electron chi connectivity index (χ2n) is 5.97. The number of carboxylic acids is 1. The second-order valence-corrected chi connectivity index (χ2v) is 5.97. The van der Waals surface area contributed by atoms with Gasteiger partial charge in [-0.05, 0) is 38.3 Å². The molecule has 5 heteroatoms. The van der Waals surface area contributed by atoms with E-state index in [1.807, 2.05) is 18.7 Å². The number of carbonyl (C=O) groups excluding carboxylic acids is 1. The van der Waals surface area contributed by atoms with Gasteiger partial charge >= 0.3 is 5.97 Å². The van der Waals surface area contributed by atoms with Crippen molar-refractivity contribution in [3.05, 3.63) is 0 Å². The first-order valence-electron chi connectivity index (χ1n) is 7.23. The number of rotatable bonds is 4. The van der Waals surface area contributed by atoms with Crippen molar-refractivity contribution in [1.82, 2.24) is 10.2 Å². The van der Waals surface area contributed by atoms with Crippen molar-refractivity contribution in [2.24, 2.45) is 17.3 Å². The molecule has 0 radical (unpaired) electrons. The maximum absolute atomic E-state index is 12.4. The van der Waals surface area contributed by atoms with Crippen molar-refractivity contribution in [2.45, 2.75) is 33.1 Å². The van der Waals surface area contributed by atoms with Crippen LogP contribution in [0.1, 0.15) is 33.1 Å². The fraction of sp³-hybridized carbons (Fsp3) is 0.857. The van der Waals surface area contributed by atoms with Crippen molar-refractivity contribution in [3.8, 4) is 0 Å². The molecular weight excluding hydrogens is 244 g/mol. The second kappa shape index (κ2) is 5.49. The Labute approximate surface area is 114 Å². The lowest BCUT2D eigenvalue weighted by Gasteiger charge is -2.41. The van der Waals surface area contributed by atoms with Crippen LogP contribution in [-0.2, 0) is 9.59 Å². The number of hydrogen-bond acceptors (Lipinski definition) is 3. The van der Waals surface area contributed by atoms with E-state index >= 15 is 0 Å². The lowest BCUT2D eigenvalue weighted by molar-refractivity contribution is -0.155. The molecule has 2 aliphatic rings. The number of piperidine rings is 1. The van der Waals surface area contributed by atoms with E-state index in [1.54, 1.807) is 0 Å². The van der Waals surface area contributed by atoms with E-state index in [-0.39, 0.29) is 11.8 Å². The van der Waals surface area contributed by atoms with Crippen LogP contribution in [0.4, 0.5) is 0 Å². The number of carboxylic acid groups (broad SMARTS) is 1. The molecule has 1 atom stereocenters. The summed E-state index contributed by atoms with van der Waals surface area (Å²) in [6, 6.07) is 0. The molecule has 0 saturated carbocycles. The highest BCUT2D eigenvalue weighted by Crippen LogP contribution is 2.35. The normalized spacial score (nSPS) is 24.6. The van der Waals surface area contributed by atoms with Crippen molar-refractivity contribution >= 4 is 11.9 Å². The minimum Gasteiger partial charge on any atom is -0.481 e. The van der Waals surface area contributed by atoms with Crippen LogP contribution in [-0.4, -0.2) is 48.1 Å². The van der Waals surface area contributed by atoms with E-state index in [0.717, 1.165) is 13.1 Å². The highest BCUT2D eigenvalue weighted by Gasteiger charge is 2.42. The molecule has 0 aromatic heterocycles. The summed E-state index contributed by atoms with van der Waals surface area (Å²) in [5.74, 6) is -0.00929. The van der Waals surface area contributed by atoms with E-state index in [2.05, 4.69) is 5.32 Å². The molecule has 0 aliphatic carbocycles. The van der Waals surface area contributed by atoms with Crippen LogP contribution >= 0.6 is 0 Å². The Morgan fingerprint density at radius 1 is 1.37 bits per heavy atom. The van der Waals surface area contributed by atoms with Gasteiger partial charge in [-0.3, -0.25) is 9.59 Å². The van der Waals surface area contributed by atoms with Crippen LogP contribution in [0.3, 0.4) is 0 Å². The largest absolute Gasteiger partial charge is 0.481 e. The number of carbonyl (C=O) groups is 2. The van der Waals surface area contributed by atoms with Gasteiger partial charge in [0, 0.05) is 19.0 Å². The van der Waals surface area contributed by atoms with E-state index < -0.39 is 11.4 Å². The number of likely N-dealkylation sites (tertiary alicyclic amines) is 1. The van der Waals surface area contributed by atoms with Crippen LogP contribution in [0.5, 0.6) is 0 Å². The first kappa shape index (κ1) is 14.3. The van der Waals surface area contributed by atoms with Crippen LogP contribution in [0.2, 0.25) is 0 Å². The molecular formula is C14H24N2O3. The summed E-state index contributed by atoms with van der Waals surface area (Å²) in [5, 5.41) is 12.5. The molecule has 0 bridgehead atoms. The number of nitrogens with zero attached hydrogens (tertiary/aromatic N) is 1. The van der Waals surface area contributed by atoms with Gasteiger partial charge in [0.15, 0.2) is 0 Å². The van der Waals surface area contributed by atoms with Gasteiger partial charge in [0.25, 0.3) is 0 Å². The van der Waals surface area contributed by atoms with Gasteiger partial charge in [0.2, 0.25) is 5.91 Å². The van der Waals surface area contributed by atoms with Gasteiger partial charge in [0.1, 0.15) is 0 Å². The summed E-state index contributed by atoms with van der Waals surface area (Å²) in [4.78, 5) is 25.6. The predicted octanol–water partition coefficient (Wildman–Crippen LogP) is 0.945. The Morgan fingerprint density at radius 3 is 2.32 bits per heavy atom. The maximum Gasteiger partial charge on any atom is 0.309 e. The average Bonchev–Trinajstić information content (AvgIpc) is 2.35. The Morgan fingerprint density at radius 2 is 1.95 bits per heavy atom. The SMILES string of the molecule is CCC1(C(=O)O)CCN(C(=O)C(C)C2CNC2)CC1. The van der Waals surface area contributed by atoms with Gasteiger partial charge in [-0.25, -0.2) is 0 Å². The summed E-state index contributed by atoms with van der Waals surface area (Å²) >= 11 is 0. The van der Waals surface area contributed by atoms with Gasteiger partial charge in [-0.1, -0.05) is 13.8 Å². The quantitative estimate of drug-likeness (QED) is 0.796. The standard InChI is InChI=1S/C14H24N2O3/c1-3-14(13(18)19)4-6-16(7-5-14)12(17)10(2)11-8-15-9-11/h10-11,15H,3-9H2,1-2H3,(H,18,19). The van der Waals surface area contributed by atoms with Crippen molar-refractivity contribution in [1.29, 1.82) is 0 Å². The molecule has 5 nitrogen and oxygen atoms in total. The van der Waals surface area contributed by atoms with Crippen molar-refractivity contribution < 1.29 is 14.7 Å². The summed E-state index contributed by atoms with van der Waals surface area (Å²) in [6.45, 7) is 6.94. The minimum atomic E-state index is -0.710. The molecule has 1 unspecified atom stereocenters. The van der Waals surface area contributed by atoms with Gasteiger partial charge in [-0.15, -0.1) is 0 Å². The average molecular weight is 268 g/mol. The van der Waals surface area contributed by atoms with Crippen molar-refractivity contribution in [2.75, 3.05) is 26.2 Å². The van der Waals surface area contributed by atoms with Crippen LogP contribution < -0.4 is 5.32 Å².